The molecule has 23 heavy (non-hydrogen) atoms. The summed E-state index contributed by atoms with van der Waals surface area (Å²) in [4.78, 5) is 34.8. The van der Waals surface area contributed by atoms with Crippen LogP contribution < -0.4 is 10.6 Å². The van der Waals surface area contributed by atoms with Crippen molar-refractivity contribution in [1.29, 1.82) is 0 Å². The summed E-state index contributed by atoms with van der Waals surface area (Å²) in [5, 5.41) is 5.21. The van der Waals surface area contributed by atoms with Gasteiger partial charge in [-0.05, 0) is 32.4 Å². The normalized spacial score (nSPS) is 9.83. The molecular formula is C16H22N2O5. The van der Waals surface area contributed by atoms with Crippen molar-refractivity contribution in [1.82, 2.24) is 5.32 Å². The van der Waals surface area contributed by atoms with Crippen LogP contribution in [0.3, 0.4) is 0 Å². The molecule has 0 unspecified atom stereocenters. The second-order valence-electron chi connectivity index (χ2n) is 4.56. The van der Waals surface area contributed by atoms with E-state index < -0.39 is 12.0 Å². The predicted molar refractivity (Wildman–Crippen MR) is 85.3 cm³/mol. The van der Waals surface area contributed by atoms with Crippen LogP contribution in [0.5, 0.6) is 0 Å². The average molecular weight is 322 g/mol. The zero-order valence-corrected chi connectivity index (χ0v) is 13.4. The highest BCUT2D eigenvalue weighted by Crippen LogP contribution is 2.16. The number of rotatable bonds is 8. The molecule has 7 nitrogen and oxygen atoms in total. The van der Waals surface area contributed by atoms with Crippen LogP contribution in [0, 0.1) is 0 Å². The molecule has 1 aromatic rings. The molecule has 7 heteroatoms. The fraction of sp³-hybridized carbons (Fsp3) is 0.438. The van der Waals surface area contributed by atoms with Gasteiger partial charge in [0.05, 0.1) is 24.5 Å². The van der Waals surface area contributed by atoms with Crippen LogP contribution in [0.2, 0.25) is 0 Å². The maximum absolute atomic E-state index is 11.8. The number of esters is 2. The standard InChI is InChI=1S/C16H22N2O5/c1-3-22-14(19)10-7-11-17-16(21)18-13-9-6-5-8-12(13)15(20)23-4-2/h5-6,8-9H,3-4,7,10-11H2,1-2H3,(H2,17,18,21). The SMILES string of the molecule is CCOC(=O)CCCNC(=O)Nc1ccccc1C(=O)OCC. The predicted octanol–water partition coefficient (Wildman–Crippen LogP) is 2.33. The van der Waals surface area contributed by atoms with E-state index in [2.05, 4.69) is 10.6 Å². The van der Waals surface area contributed by atoms with Gasteiger partial charge < -0.3 is 20.1 Å². The van der Waals surface area contributed by atoms with Crippen molar-refractivity contribution in [2.75, 3.05) is 25.1 Å². The highest BCUT2D eigenvalue weighted by molar-refractivity contribution is 6.00. The smallest absolute Gasteiger partial charge is 0.340 e. The lowest BCUT2D eigenvalue weighted by molar-refractivity contribution is -0.143. The fourth-order valence-corrected chi connectivity index (χ4v) is 1.81. The van der Waals surface area contributed by atoms with Crippen molar-refractivity contribution >= 4 is 23.7 Å². The Balaban J connectivity index is 2.45. The van der Waals surface area contributed by atoms with E-state index in [1.54, 1.807) is 38.1 Å². The first-order valence-corrected chi connectivity index (χ1v) is 7.55. The van der Waals surface area contributed by atoms with E-state index in [0.29, 0.717) is 25.3 Å². The summed E-state index contributed by atoms with van der Waals surface area (Å²) >= 11 is 0. The van der Waals surface area contributed by atoms with Gasteiger partial charge in [-0.15, -0.1) is 0 Å². The van der Waals surface area contributed by atoms with E-state index >= 15 is 0 Å². The van der Waals surface area contributed by atoms with Gasteiger partial charge in [-0.25, -0.2) is 9.59 Å². The lowest BCUT2D eigenvalue weighted by Gasteiger charge is -2.11. The van der Waals surface area contributed by atoms with Crippen molar-refractivity contribution in [2.45, 2.75) is 26.7 Å². The number of benzene rings is 1. The molecule has 0 atom stereocenters. The lowest BCUT2D eigenvalue weighted by atomic mass is 10.2. The number of amides is 2. The second kappa shape index (κ2) is 10.2. The van der Waals surface area contributed by atoms with Gasteiger partial charge in [0.1, 0.15) is 0 Å². The zero-order chi connectivity index (χ0) is 17.1. The van der Waals surface area contributed by atoms with Gasteiger partial charge in [0.25, 0.3) is 0 Å². The molecule has 0 radical (unpaired) electrons. The largest absolute Gasteiger partial charge is 0.466 e. The third kappa shape index (κ3) is 6.82. The topological polar surface area (TPSA) is 93.7 Å². The van der Waals surface area contributed by atoms with E-state index in [1.807, 2.05) is 0 Å². The van der Waals surface area contributed by atoms with E-state index in [4.69, 9.17) is 9.47 Å². The van der Waals surface area contributed by atoms with Crippen molar-refractivity contribution < 1.29 is 23.9 Å². The van der Waals surface area contributed by atoms with Gasteiger partial charge in [-0.1, -0.05) is 12.1 Å². The summed E-state index contributed by atoms with van der Waals surface area (Å²) in [6.07, 6.45) is 0.722. The number of carbonyl (C=O) groups excluding carboxylic acids is 3. The molecule has 0 fully saturated rings. The molecule has 0 saturated heterocycles. The van der Waals surface area contributed by atoms with Gasteiger partial charge in [-0.2, -0.15) is 0 Å². The van der Waals surface area contributed by atoms with Gasteiger partial charge in [-0.3, -0.25) is 4.79 Å². The average Bonchev–Trinajstić information content (AvgIpc) is 2.52. The Kier molecular flexibility index (Phi) is 8.20. The fourth-order valence-electron chi connectivity index (χ4n) is 1.81. The van der Waals surface area contributed by atoms with Crippen LogP contribution in [-0.4, -0.2) is 37.7 Å². The second-order valence-corrected chi connectivity index (χ2v) is 4.56. The molecule has 0 bridgehead atoms. The molecule has 0 spiro atoms. The number of urea groups is 1. The number of hydrogen-bond acceptors (Lipinski definition) is 5. The summed E-state index contributed by atoms with van der Waals surface area (Å²) in [6, 6.07) is 6.14. The Hall–Kier alpha value is -2.57. The molecule has 0 aliphatic rings. The Morgan fingerprint density at radius 3 is 2.43 bits per heavy atom. The van der Waals surface area contributed by atoms with E-state index in [9.17, 15) is 14.4 Å². The summed E-state index contributed by atoms with van der Waals surface area (Å²) < 4.78 is 9.73. The minimum absolute atomic E-state index is 0.244. The summed E-state index contributed by atoms with van der Waals surface area (Å²) in [7, 11) is 0. The first kappa shape index (κ1) is 18.5. The molecule has 2 amide bonds. The molecule has 1 rings (SSSR count). The quantitative estimate of drug-likeness (QED) is 0.566. The Labute approximate surface area is 135 Å². The van der Waals surface area contributed by atoms with Crippen LogP contribution in [0.15, 0.2) is 24.3 Å². The van der Waals surface area contributed by atoms with Crippen molar-refractivity contribution in [2.24, 2.45) is 0 Å². The van der Waals surface area contributed by atoms with Gasteiger partial charge >= 0.3 is 18.0 Å². The number of hydrogen-bond donors (Lipinski definition) is 2. The summed E-state index contributed by atoms with van der Waals surface area (Å²) in [5.41, 5.74) is 0.657. The first-order chi connectivity index (χ1) is 11.1. The maximum Gasteiger partial charge on any atom is 0.340 e. The molecule has 0 aliphatic heterocycles. The molecular weight excluding hydrogens is 300 g/mol. The van der Waals surface area contributed by atoms with Crippen LogP contribution >= 0.6 is 0 Å². The number of nitrogens with one attached hydrogen (secondary N) is 2. The van der Waals surface area contributed by atoms with Gasteiger partial charge in [0.15, 0.2) is 0 Å². The van der Waals surface area contributed by atoms with Gasteiger partial charge in [0.2, 0.25) is 0 Å². The molecule has 2 N–H and O–H groups in total. The van der Waals surface area contributed by atoms with Crippen LogP contribution in [0.1, 0.15) is 37.0 Å². The van der Waals surface area contributed by atoms with Crippen LogP contribution in [0.25, 0.3) is 0 Å². The molecule has 1 aromatic carbocycles. The highest BCUT2D eigenvalue weighted by Gasteiger charge is 2.13. The molecule has 0 heterocycles. The molecule has 126 valence electrons. The van der Waals surface area contributed by atoms with E-state index in [0.717, 1.165) is 0 Å². The molecule has 0 aliphatic carbocycles. The monoisotopic (exact) mass is 322 g/mol. The summed E-state index contributed by atoms with van der Waals surface area (Å²) in [6.45, 7) is 4.38. The number of carbonyl (C=O) groups is 3. The van der Waals surface area contributed by atoms with E-state index in [1.165, 1.54) is 0 Å². The molecule has 0 aromatic heterocycles. The van der Waals surface area contributed by atoms with Crippen molar-refractivity contribution in [3.05, 3.63) is 29.8 Å². The number of ether oxygens (including phenoxy) is 2. The van der Waals surface area contributed by atoms with Crippen LogP contribution in [-0.2, 0) is 14.3 Å². The van der Waals surface area contributed by atoms with Crippen LogP contribution in [0.4, 0.5) is 10.5 Å². The van der Waals surface area contributed by atoms with Crippen molar-refractivity contribution in [3.8, 4) is 0 Å². The Morgan fingerprint density at radius 2 is 1.74 bits per heavy atom. The summed E-state index contributed by atoms with van der Waals surface area (Å²) in [5.74, 6) is -0.784. The van der Waals surface area contributed by atoms with E-state index in [-0.39, 0.29) is 24.6 Å². The molecule has 0 saturated carbocycles. The van der Waals surface area contributed by atoms with Gasteiger partial charge in [0, 0.05) is 13.0 Å². The first-order valence-electron chi connectivity index (χ1n) is 7.55. The minimum Gasteiger partial charge on any atom is -0.466 e. The zero-order valence-electron chi connectivity index (χ0n) is 13.4. The maximum atomic E-state index is 11.8. The Bertz CT molecular complexity index is 545. The third-order valence-corrected chi connectivity index (χ3v) is 2.82. The number of anilines is 1. The highest BCUT2D eigenvalue weighted by atomic mass is 16.5. The third-order valence-electron chi connectivity index (χ3n) is 2.82. The lowest BCUT2D eigenvalue weighted by Crippen LogP contribution is -2.30. The minimum atomic E-state index is -0.495. The number of para-hydroxylation sites is 1. The van der Waals surface area contributed by atoms with Crippen molar-refractivity contribution in [3.63, 3.8) is 0 Å². The Morgan fingerprint density at radius 1 is 1.04 bits per heavy atom.